The number of hydrogen-bond donors (Lipinski definition) is 2. The topological polar surface area (TPSA) is 45.7 Å². The molecule has 0 radical (unpaired) electrons. The summed E-state index contributed by atoms with van der Waals surface area (Å²) in [5, 5.41) is 8.58. The van der Waals surface area contributed by atoms with Gasteiger partial charge in [0.1, 0.15) is 12.4 Å². The molecule has 2 aromatic rings. The Balaban J connectivity index is 1.87. The molecule has 4 nitrogen and oxygen atoms in total. The van der Waals surface area contributed by atoms with Gasteiger partial charge in [0.05, 0.1) is 6.21 Å². The fourth-order valence-electron chi connectivity index (χ4n) is 1.85. The first-order chi connectivity index (χ1) is 12.1. The van der Waals surface area contributed by atoms with Crippen molar-refractivity contribution in [2.75, 3.05) is 6.54 Å². The summed E-state index contributed by atoms with van der Waals surface area (Å²) < 4.78 is 5.73. The number of rotatable bonds is 7. The van der Waals surface area contributed by atoms with Gasteiger partial charge in [-0.15, -0.1) is 6.58 Å². The highest BCUT2D eigenvalue weighted by Crippen LogP contribution is 2.25. The molecular formula is C18H17Cl2N3OS. The molecule has 2 rings (SSSR count). The molecule has 0 heterocycles. The SMILES string of the molecule is C=CCNC(=S)NN=Cc1ccc(OCc2c(Cl)cccc2Cl)cc1. The van der Waals surface area contributed by atoms with Crippen LogP contribution in [0.2, 0.25) is 10.0 Å². The highest BCUT2D eigenvalue weighted by atomic mass is 35.5. The molecule has 0 bridgehead atoms. The van der Waals surface area contributed by atoms with Crippen LogP contribution >= 0.6 is 35.4 Å². The zero-order chi connectivity index (χ0) is 18.1. The molecule has 0 aliphatic heterocycles. The first-order valence-corrected chi connectivity index (χ1v) is 8.60. The van der Waals surface area contributed by atoms with Crippen molar-refractivity contribution in [1.82, 2.24) is 10.7 Å². The van der Waals surface area contributed by atoms with Gasteiger partial charge in [0, 0.05) is 22.2 Å². The molecular weight excluding hydrogens is 377 g/mol. The van der Waals surface area contributed by atoms with E-state index < -0.39 is 0 Å². The Labute approximate surface area is 162 Å². The van der Waals surface area contributed by atoms with Crippen molar-refractivity contribution < 1.29 is 4.74 Å². The Bertz CT molecular complexity index is 743. The summed E-state index contributed by atoms with van der Waals surface area (Å²) in [6.45, 7) is 4.49. The summed E-state index contributed by atoms with van der Waals surface area (Å²) in [7, 11) is 0. The number of benzene rings is 2. The molecule has 0 aromatic heterocycles. The zero-order valence-corrected chi connectivity index (χ0v) is 15.7. The van der Waals surface area contributed by atoms with Crippen molar-refractivity contribution in [2.45, 2.75) is 6.61 Å². The zero-order valence-electron chi connectivity index (χ0n) is 13.3. The maximum absolute atomic E-state index is 6.13. The summed E-state index contributed by atoms with van der Waals surface area (Å²) in [5.41, 5.74) is 4.39. The molecule has 0 saturated carbocycles. The number of hydrazone groups is 1. The first kappa shape index (κ1) is 19.2. The van der Waals surface area contributed by atoms with Gasteiger partial charge in [0.2, 0.25) is 0 Å². The Morgan fingerprint density at radius 1 is 1.16 bits per heavy atom. The van der Waals surface area contributed by atoms with E-state index in [2.05, 4.69) is 22.4 Å². The predicted molar refractivity (Wildman–Crippen MR) is 109 cm³/mol. The molecule has 2 N–H and O–H groups in total. The lowest BCUT2D eigenvalue weighted by Gasteiger charge is -2.09. The molecule has 130 valence electrons. The monoisotopic (exact) mass is 393 g/mol. The van der Waals surface area contributed by atoms with E-state index in [4.69, 9.17) is 40.2 Å². The Hall–Kier alpha value is -2.08. The Morgan fingerprint density at radius 3 is 2.48 bits per heavy atom. The predicted octanol–water partition coefficient (Wildman–Crippen LogP) is 4.56. The van der Waals surface area contributed by atoms with Crippen LogP contribution in [0.4, 0.5) is 0 Å². The number of hydrogen-bond acceptors (Lipinski definition) is 3. The van der Waals surface area contributed by atoms with Crippen LogP contribution in [0.15, 0.2) is 60.2 Å². The average Bonchev–Trinajstić information content (AvgIpc) is 2.61. The van der Waals surface area contributed by atoms with E-state index in [1.807, 2.05) is 24.3 Å². The fourth-order valence-corrected chi connectivity index (χ4v) is 2.49. The number of halogens is 2. The lowest BCUT2D eigenvalue weighted by atomic mass is 10.2. The van der Waals surface area contributed by atoms with Crippen molar-refractivity contribution in [1.29, 1.82) is 0 Å². The average molecular weight is 394 g/mol. The smallest absolute Gasteiger partial charge is 0.187 e. The van der Waals surface area contributed by atoms with Gasteiger partial charge < -0.3 is 10.1 Å². The van der Waals surface area contributed by atoms with Crippen LogP contribution in [-0.2, 0) is 6.61 Å². The lowest BCUT2D eigenvalue weighted by molar-refractivity contribution is 0.306. The second-order valence-electron chi connectivity index (χ2n) is 4.93. The third-order valence-corrected chi connectivity index (χ3v) is 4.06. The van der Waals surface area contributed by atoms with Crippen LogP contribution in [0.25, 0.3) is 0 Å². The minimum atomic E-state index is 0.302. The summed E-state index contributed by atoms with van der Waals surface area (Å²) in [5.74, 6) is 0.712. The normalized spacial score (nSPS) is 10.5. The molecule has 2 aromatic carbocycles. The fraction of sp³-hybridized carbons (Fsp3) is 0.111. The van der Waals surface area contributed by atoms with Crippen LogP contribution < -0.4 is 15.5 Å². The third kappa shape index (κ3) is 6.38. The molecule has 0 aliphatic rings. The van der Waals surface area contributed by atoms with Gasteiger partial charge >= 0.3 is 0 Å². The summed E-state index contributed by atoms with van der Waals surface area (Å²) in [6.07, 6.45) is 3.38. The molecule has 0 spiro atoms. The number of nitrogens with zero attached hydrogens (tertiary/aromatic N) is 1. The summed E-state index contributed by atoms with van der Waals surface area (Å²) >= 11 is 17.3. The molecule has 0 amide bonds. The van der Waals surface area contributed by atoms with Crippen LogP contribution in [-0.4, -0.2) is 17.9 Å². The van der Waals surface area contributed by atoms with Crippen LogP contribution in [0.3, 0.4) is 0 Å². The second kappa shape index (κ2) is 10.0. The molecule has 0 aliphatic carbocycles. The third-order valence-electron chi connectivity index (χ3n) is 3.11. The highest BCUT2D eigenvalue weighted by Gasteiger charge is 2.06. The van der Waals surface area contributed by atoms with Crippen LogP contribution in [0, 0.1) is 0 Å². The van der Waals surface area contributed by atoms with E-state index in [9.17, 15) is 0 Å². The van der Waals surface area contributed by atoms with Crippen LogP contribution in [0.1, 0.15) is 11.1 Å². The largest absolute Gasteiger partial charge is 0.489 e. The van der Waals surface area contributed by atoms with Crippen LogP contribution in [0.5, 0.6) is 5.75 Å². The van der Waals surface area contributed by atoms with E-state index in [-0.39, 0.29) is 0 Å². The quantitative estimate of drug-likeness (QED) is 0.313. The molecule has 0 fully saturated rings. The Kier molecular flexibility index (Phi) is 7.73. The minimum absolute atomic E-state index is 0.302. The molecule has 0 atom stereocenters. The molecule has 0 saturated heterocycles. The first-order valence-electron chi connectivity index (χ1n) is 7.43. The van der Waals surface area contributed by atoms with E-state index in [1.54, 1.807) is 30.5 Å². The summed E-state index contributed by atoms with van der Waals surface area (Å²) in [6, 6.07) is 12.8. The second-order valence-corrected chi connectivity index (χ2v) is 6.15. The minimum Gasteiger partial charge on any atom is -0.489 e. The lowest BCUT2D eigenvalue weighted by Crippen LogP contribution is -2.31. The van der Waals surface area contributed by atoms with Gasteiger partial charge in [-0.25, -0.2) is 0 Å². The molecule has 25 heavy (non-hydrogen) atoms. The van der Waals surface area contributed by atoms with Gasteiger partial charge in [-0.1, -0.05) is 35.3 Å². The van der Waals surface area contributed by atoms with Gasteiger partial charge in [-0.3, -0.25) is 5.43 Å². The van der Waals surface area contributed by atoms with Crippen molar-refractivity contribution in [3.05, 3.63) is 76.3 Å². The van der Waals surface area contributed by atoms with Crippen molar-refractivity contribution >= 4 is 46.7 Å². The van der Waals surface area contributed by atoms with Crippen molar-refractivity contribution in [3.63, 3.8) is 0 Å². The van der Waals surface area contributed by atoms with Gasteiger partial charge in [-0.05, 0) is 54.2 Å². The van der Waals surface area contributed by atoms with Crippen molar-refractivity contribution in [2.24, 2.45) is 5.10 Å². The van der Waals surface area contributed by atoms with E-state index in [0.29, 0.717) is 34.1 Å². The highest BCUT2D eigenvalue weighted by molar-refractivity contribution is 7.80. The Morgan fingerprint density at radius 2 is 1.84 bits per heavy atom. The van der Waals surface area contributed by atoms with E-state index >= 15 is 0 Å². The van der Waals surface area contributed by atoms with Gasteiger partial charge in [-0.2, -0.15) is 5.10 Å². The summed E-state index contributed by atoms with van der Waals surface area (Å²) in [4.78, 5) is 0. The standard InChI is InChI=1S/C18H17Cl2N3OS/c1-2-10-21-18(25)23-22-11-13-6-8-14(9-7-13)24-12-15-16(19)4-3-5-17(15)20/h2-9,11H,1,10,12H2,(H2,21,23,25). The molecule has 0 unspecified atom stereocenters. The van der Waals surface area contributed by atoms with Gasteiger partial charge in [0.15, 0.2) is 5.11 Å². The van der Waals surface area contributed by atoms with Crippen molar-refractivity contribution in [3.8, 4) is 5.75 Å². The maximum Gasteiger partial charge on any atom is 0.187 e. The molecule has 7 heteroatoms. The number of nitrogens with one attached hydrogen (secondary N) is 2. The van der Waals surface area contributed by atoms with Gasteiger partial charge in [0.25, 0.3) is 0 Å². The number of thiocarbonyl (C=S) groups is 1. The number of ether oxygens (including phenoxy) is 1. The maximum atomic E-state index is 6.13. The van der Waals surface area contributed by atoms with E-state index in [0.717, 1.165) is 11.1 Å². The van der Waals surface area contributed by atoms with E-state index in [1.165, 1.54) is 0 Å².